The molecule has 0 amide bonds. The second kappa shape index (κ2) is 7.63. The predicted octanol–water partition coefficient (Wildman–Crippen LogP) is 6.42. The fraction of sp³-hybridized carbons (Fsp3) is 0.160. The average molecular weight is 352 g/mol. The Morgan fingerprint density at radius 3 is 2.26 bits per heavy atom. The molecule has 134 valence electrons. The van der Waals surface area contributed by atoms with E-state index in [1.54, 1.807) is 0 Å². The fourth-order valence-electron chi connectivity index (χ4n) is 3.77. The molecule has 27 heavy (non-hydrogen) atoms. The molecule has 0 aliphatic heterocycles. The highest BCUT2D eigenvalue weighted by Crippen LogP contribution is 2.38. The third-order valence-corrected chi connectivity index (χ3v) is 5.15. The van der Waals surface area contributed by atoms with Gasteiger partial charge in [0.05, 0.1) is 11.9 Å². The highest BCUT2D eigenvalue weighted by Gasteiger charge is 2.13. The van der Waals surface area contributed by atoms with Crippen LogP contribution < -0.4 is 4.90 Å². The Balaban J connectivity index is 1.99. The quantitative estimate of drug-likeness (QED) is 0.412. The number of benzene rings is 3. The van der Waals surface area contributed by atoms with Crippen molar-refractivity contribution in [3.8, 4) is 22.3 Å². The first-order valence-corrected chi connectivity index (χ1v) is 9.59. The van der Waals surface area contributed by atoms with Crippen LogP contribution in [0.2, 0.25) is 0 Å². The zero-order valence-electron chi connectivity index (χ0n) is 15.9. The number of aromatic nitrogens is 1. The van der Waals surface area contributed by atoms with E-state index in [1.165, 1.54) is 33.2 Å². The monoisotopic (exact) mass is 352 g/mol. The van der Waals surface area contributed by atoms with E-state index in [0.29, 0.717) is 0 Å². The molecule has 4 rings (SSSR count). The second-order valence-electron chi connectivity index (χ2n) is 6.68. The summed E-state index contributed by atoms with van der Waals surface area (Å²) in [4.78, 5) is 6.91. The van der Waals surface area contributed by atoms with Gasteiger partial charge in [0.15, 0.2) is 0 Å². The summed E-state index contributed by atoms with van der Waals surface area (Å²) in [5, 5.41) is 2.51. The third kappa shape index (κ3) is 3.31. The second-order valence-corrected chi connectivity index (χ2v) is 6.68. The number of hydrogen-bond acceptors (Lipinski definition) is 2. The van der Waals surface area contributed by atoms with Crippen LogP contribution in [0.1, 0.15) is 13.8 Å². The van der Waals surface area contributed by atoms with Gasteiger partial charge in [-0.1, -0.05) is 66.7 Å². The van der Waals surface area contributed by atoms with E-state index >= 15 is 0 Å². The van der Waals surface area contributed by atoms with Gasteiger partial charge in [-0.3, -0.25) is 4.98 Å². The molecule has 0 aliphatic carbocycles. The van der Waals surface area contributed by atoms with Crippen LogP contribution in [0.25, 0.3) is 33.0 Å². The lowest BCUT2D eigenvalue weighted by Gasteiger charge is -2.22. The molecule has 4 aromatic rings. The van der Waals surface area contributed by atoms with Gasteiger partial charge in [0.1, 0.15) is 0 Å². The van der Waals surface area contributed by atoms with E-state index in [9.17, 15) is 0 Å². The molecule has 0 N–H and O–H groups in total. The summed E-state index contributed by atoms with van der Waals surface area (Å²) < 4.78 is 0. The predicted molar refractivity (Wildman–Crippen MR) is 116 cm³/mol. The van der Waals surface area contributed by atoms with Gasteiger partial charge in [-0.05, 0) is 47.4 Å². The molecule has 0 fully saturated rings. The van der Waals surface area contributed by atoms with E-state index < -0.39 is 0 Å². The number of pyridine rings is 1. The largest absolute Gasteiger partial charge is 0.371 e. The van der Waals surface area contributed by atoms with Crippen molar-refractivity contribution in [2.75, 3.05) is 18.0 Å². The van der Waals surface area contributed by atoms with Crippen LogP contribution in [0, 0.1) is 0 Å². The first kappa shape index (κ1) is 17.3. The lowest BCUT2D eigenvalue weighted by Crippen LogP contribution is -2.21. The standard InChI is InChI=1S/C25H24N2/c1-3-27(4-2)22-16-21(17-26-18-22)25-23-13-9-8-12-20(23)14-15-24(25)19-10-6-5-7-11-19/h5-18H,3-4H2,1-2H3. The van der Waals surface area contributed by atoms with Crippen LogP contribution in [0.3, 0.4) is 0 Å². The van der Waals surface area contributed by atoms with Gasteiger partial charge in [-0.25, -0.2) is 0 Å². The summed E-state index contributed by atoms with van der Waals surface area (Å²) in [6.45, 7) is 6.32. The minimum atomic E-state index is 0.975. The molecule has 0 spiro atoms. The van der Waals surface area contributed by atoms with Crippen molar-refractivity contribution in [2.45, 2.75) is 13.8 Å². The van der Waals surface area contributed by atoms with Crippen molar-refractivity contribution in [3.05, 3.63) is 85.2 Å². The molecular weight excluding hydrogens is 328 g/mol. The van der Waals surface area contributed by atoms with Crippen molar-refractivity contribution in [1.82, 2.24) is 4.98 Å². The third-order valence-electron chi connectivity index (χ3n) is 5.15. The Morgan fingerprint density at radius 2 is 1.48 bits per heavy atom. The van der Waals surface area contributed by atoms with Crippen LogP contribution >= 0.6 is 0 Å². The lowest BCUT2D eigenvalue weighted by atomic mass is 9.90. The SMILES string of the molecule is CCN(CC)c1cncc(-c2c(-c3ccccc3)ccc3ccccc23)c1. The number of hydrogen-bond donors (Lipinski definition) is 0. The zero-order valence-corrected chi connectivity index (χ0v) is 15.9. The minimum Gasteiger partial charge on any atom is -0.371 e. The van der Waals surface area contributed by atoms with Gasteiger partial charge in [0.25, 0.3) is 0 Å². The van der Waals surface area contributed by atoms with Crippen LogP contribution in [0.15, 0.2) is 85.2 Å². The van der Waals surface area contributed by atoms with Gasteiger partial charge in [0.2, 0.25) is 0 Å². The average Bonchev–Trinajstić information content (AvgIpc) is 2.74. The molecule has 2 nitrogen and oxygen atoms in total. The van der Waals surface area contributed by atoms with Crippen LogP contribution in [0.4, 0.5) is 5.69 Å². The molecule has 0 saturated heterocycles. The summed E-state index contributed by atoms with van der Waals surface area (Å²) in [5.74, 6) is 0. The van der Waals surface area contributed by atoms with Crippen molar-refractivity contribution in [3.63, 3.8) is 0 Å². The normalized spacial score (nSPS) is 10.9. The summed E-state index contributed by atoms with van der Waals surface area (Å²) in [5.41, 5.74) is 6.06. The Kier molecular flexibility index (Phi) is 4.88. The van der Waals surface area contributed by atoms with E-state index in [2.05, 4.69) is 96.5 Å². The van der Waals surface area contributed by atoms with Gasteiger partial charge in [-0.2, -0.15) is 0 Å². The van der Waals surface area contributed by atoms with Gasteiger partial charge < -0.3 is 4.90 Å². The molecule has 0 bridgehead atoms. The van der Waals surface area contributed by atoms with E-state index in [0.717, 1.165) is 18.7 Å². The highest BCUT2D eigenvalue weighted by molar-refractivity contribution is 6.04. The summed E-state index contributed by atoms with van der Waals surface area (Å²) >= 11 is 0. The van der Waals surface area contributed by atoms with Crippen LogP contribution in [0.5, 0.6) is 0 Å². The minimum absolute atomic E-state index is 0.975. The topological polar surface area (TPSA) is 16.1 Å². The number of anilines is 1. The summed E-state index contributed by atoms with van der Waals surface area (Å²) in [6.07, 6.45) is 3.95. The van der Waals surface area contributed by atoms with Crippen molar-refractivity contribution < 1.29 is 0 Å². The molecule has 0 saturated carbocycles. The van der Waals surface area contributed by atoms with Crippen LogP contribution in [-0.4, -0.2) is 18.1 Å². The van der Waals surface area contributed by atoms with E-state index in [1.807, 2.05) is 12.4 Å². The molecule has 0 aliphatic rings. The maximum atomic E-state index is 4.58. The Bertz CT molecular complexity index is 1050. The van der Waals surface area contributed by atoms with Gasteiger partial charge in [-0.15, -0.1) is 0 Å². The molecule has 1 aromatic heterocycles. The van der Waals surface area contributed by atoms with Crippen molar-refractivity contribution in [2.24, 2.45) is 0 Å². The summed E-state index contributed by atoms with van der Waals surface area (Å²) in [7, 11) is 0. The zero-order chi connectivity index (χ0) is 18.6. The van der Waals surface area contributed by atoms with E-state index in [-0.39, 0.29) is 0 Å². The fourth-order valence-corrected chi connectivity index (χ4v) is 3.77. The summed E-state index contributed by atoms with van der Waals surface area (Å²) in [6, 6.07) is 25.9. The van der Waals surface area contributed by atoms with E-state index in [4.69, 9.17) is 0 Å². The molecule has 2 heteroatoms. The van der Waals surface area contributed by atoms with Crippen LogP contribution in [-0.2, 0) is 0 Å². The van der Waals surface area contributed by atoms with Crippen molar-refractivity contribution >= 4 is 16.5 Å². The Labute approximate surface area is 161 Å². The lowest BCUT2D eigenvalue weighted by molar-refractivity contribution is 0.863. The molecule has 3 aromatic carbocycles. The highest BCUT2D eigenvalue weighted by atomic mass is 15.1. The Hall–Kier alpha value is -3.13. The number of nitrogens with zero attached hydrogens (tertiary/aromatic N) is 2. The Morgan fingerprint density at radius 1 is 0.741 bits per heavy atom. The molecular formula is C25H24N2. The molecule has 0 radical (unpaired) electrons. The maximum absolute atomic E-state index is 4.58. The van der Waals surface area contributed by atoms with Gasteiger partial charge >= 0.3 is 0 Å². The number of fused-ring (bicyclic) bond motifs is 1. The van der Waals surface area contributed by atoms with Crippen molar-refractivity contribution in [1.29, 1.82) is 0 Å². The molecule has 0 atom stereocenters. The number of rotatable bonds is 5. The molecule has 0 unspecified atom stereocenters. The first-order valence-electron chi connectivity index (χ1n) is 9.59. The molecule has 1 heterocycles. The smallest absolute Gasteiger partial charge is 0.0558 e. The first-order chi connectivity index (χ1) is 13.3. The maximum Gasteiger partial charge on any atom is 0.0558 e. The van der Waals surface area contributed by atoms with Gasteiger partial charge in [0, 0.05) is 24.8 Å².